The molecule has 0 saturated carbocycles. The van der Waals surface area contributed by atoms with Crippen molar-refractivity contribution in [3.63, 3.8) is 0 Å². The molecule has 1 saturated heterocycles. The molecule has 3 aromatic rings. The molecule has 174 valence electrons. The number of Topliss-reactive ketones (excluding diaryl/α,β-unsaturated/α-hetero) is 1. The molecule has 1 atom stereocenters. The minimum atomic E-state index is -0.785. The minimum absolute atomic E-state index is 0.0769. The van der Waals surface area contributed by atoms with Crippen LogP contribution in [0.25, 0.3) is 5.76 Å². The average Bonchev–Trinajstić information content (AvgIpc) is 3.05. The van der Waals surface area contributed by atoms with Crippen LogP contribution in [0, 0.1) is 20.8 Å². The molecule has 2 aromatic carbocycles. The molecule has 5 heteroatoms. The van der Waals surface area contributed by atoms with Gasteiger partial charge >= 0.3 is 0 Å². The summed E-state index contributed by atoms with van der Waals surface area (Å²) in [7, 11) is 0. The lowest BCUT2D eigenvalue weighted by atomic mass is 9.84. The first-order valence-corrected chi connectivity index (χ1v) is 11.4. The summed E-state index contributed by atoms with van der Waals surface area (Å²) in [5.41, 5.74) is 5.50. The number of carbonyl (C=O) groups is 2. The Hall–Kier alpha value is -3.73. The number of rotatable bonds is 3. The Labute approximate surface area is 200 Å². The van der Waals surface area contributed by atoms with Gasteiger partial charge in [0.2, 0.25) is 0 Å². The number of hydrogen-bond acceptors (Lipinski definition) is 4. The third kappa shape index (κ3) is 4.03. The van der Waals surface area contributed by atoms with Crippen molar-refractivity contribution in [2.24, 2.45) is 0 Å². The summed E-state index contributed by atoms with van der Waals surface area (Å²) < 4.78 is 0. The monoisotopic (exact) mass is 454 g/mol. The molecule has 1 N–H and O–H groups in total. The van der Waals surface area contributed by atoms with Crippen LogP contribution in [-0.4, -0.2) is 21.8 Å². The van der Waals surface area contributed by atoms with E-state index in [-0.39, 0.29) is 16.7 Å². The molecule has 1 fully saturated rings. The van der Waals surface area contributed by atoms with E-state index in [1.54, 1.807) is 18.5 Å². The van der Waals surface area contributed by atoms with Crippen molar-refractivity contribution in [3.05, 3.63) is 99.9 Å². The quantitative estimate of drug-likeness (QED) is 0.302. The van der Waals surface area contributed by atoms with E-state index in [0.717, 1.165) is 22.3 Å². The number of aliphatic hydroxyl groups is 1. The lowest BCUT2D eigenvalue weighted by molar-refractivity contribution is -0.132. The number of ketones is 1. The van der Waals surface area contributed by atoms with Crippen LogP contribution in [0.4, 0.5) is 5.69 Å². The zero-order valence-corrected chi connectivity index (χ0v) is 20.5. The predicted molar refractivity (Wildman–Crippen MR) is 135 cm³/mol. The van der Waals surface area contributed by atoms with E-state index >= 15 is 0 Å². The van der Waals surface area contributed by atoms with E-state index in [1.165, 1.54) is 4.90 Å². The molecule has 34 heavy (non-hydrogen) atoms. The molecule has 1 aromatic heterocycles. The van der Waals surface area contributed by atoms with Crippen molar-refractivity contribution < 1.29 is 14.7 Å². The summed E-state index contributed by atoms with van der Waals surface area (Å²) in [6.45, 7) is 12.0. The predicted octanol–water partition coefficient (Wildman–Crippen LogP) is 5.93. The van der Waals surface area contributed by atoms with Crippen LogP contribution >= 0.6 is 0 Å². The van der Waals surface area contributed by atoms with Crippen molar-refractivity contribution in [1.82, 2.24) is 4.98 Å². The van der Waals surface area contributed by atoms with E-state index in [4.69, 9.17) is 0 Å². The van der Waals surface area contributed by atoms with E-state index in [0.29, 0.717) is 16.8 Å². The van der Waals surface area contributed by atoms with Crippen LogP contribution < -0.4 is 4.90 Å². The molecule has 1 aliphatic rings. The second-order valence-corrected chi connectivity index (χ2v) is 10.0. The number of nitrogens with zero attached hydrogens (tertiary/aromatic N) is 2. The zero-order chi connectivity index (χ0) is 24.8. The highest BCUT2D eigenvalue weighted by molar-refractivity contribution is 6.51. The lowest BCUT2D eigenvalue weighted by Crippen LogP contribution is -2.30. The third-order valence-corrected chi connectivity index (χ3v) is 6.43. The first-order valence-electron chi connectivity index (χ1n) is 11.4. The Morgan fingerprint density at radius 1 is 0.971 bits per heavy atom. The van der Waals surface area contributed by atoms with Gasteiger partial charge in [-0.2, -0.15) is 0 Å². The Morgan fingerprint density at radius 2 is 1.68 bits per heavy atom. The third-order valence-electron chi connectivity index (χ3n) is 6.43. The number of hydrogen-bond donors (Lipinski definition) is 1. The van der Waals surface area contributed by atoms with Gasteiger partial charge in [0.1, 0.15) is 5.76 Å². The van der Waals surface area contributed by atoms with Crippen molar-refractivity contribution in [2.45, 2.75) is 53.0 Å². The van der Waals surface area contributed by atoms with E-state index < -0.39 is 17.7 Å². The Balaban J connectivity index is 2.00. The van der Waals surface area contributed by atoms with Gasteiger partial charge in [-0.15, -0.1) is 0 Å². The normalized spacial score (nSPS) is 17.9. The maximum atomic E-state index is 13.4. The van der Waals surface area contributed by atoms with E-state index in [9.17, 15) is 14.7 Å². The van der Waals surface area contributed by atoms with Gasteiger partial charge in [-0.25, -0.2) is 0 Å². The maximum Gasteiger partial charge on any atom is 0.300 e. The number of carbonyl (C=O) groups excluding carboxylic acids is 2. The second-order valence-electron chi connectivity index (χ2n) is 10.0. The maximum absolute atomic E-state index is 13.4. The number of benzene rings is 2. The minimum Gasteiger partial charge on any atom is -0.507 e. The summed E-state index contributed by atoms with van der Waals surface area (Å²) in [5.74, 6) is -1.52. The van der Waals surface area contributed by atoms with Crippen LogP contribution in [0.1, 0.15) is 60.2 Å². The van der Waals surface area contributed by atoms with Crippen molar-refractivity contribution >= 4 is 23.1 Å². The molecule has 4 rings (SSSR count). The molecule has 1 amide bonds. The smallest absolute Gasteiger partial charge is 0.300 e. The molecular formula is C29H30N2O3. The summed E-state index contributed by atoms with van der Waals surface area (Å²) >= 11 is 0. The van der Waals surface area contributed by atoms with E-state index in [1.807, 2.05) is 63.2 Å². The number of anilines is 1. The summed E-state index contributed by atoms with van der Waals surface area (Å²) in [5, 5.41) is 11.6. The fraction of sp³-hybridized carbons (Fsp3) is 0.276. The van der Waals surface area contributed by atoms with Crippen LogP contribution in [0.15, 0.2) is 66.5 Å². The second kappa shape index (κ2) is 8.56. The standard InChI is InChI=1S/C29H30N2O3/c1-17-9-10-19(3)23(14-17)31-25(20-8-7-13-30-16-20)24(27(33)28(31)34)26(32)22-15-21(29(4,5)6)12-11-18(22)2/h7-16,25,32H,1-6H3/b26-24+. The largest absolute Gasteiger partial charge is 0.507 e. The lowest BCUT2D eigenvalue weighted by Gasteiger charge is -2.27. The van der Waals surface area contributed by atoms with Gasteiger partial charge in [-0.1, -0.05) is 51.1 Å². The molecule has 0 radical (unpaired) electrons. The topological polar surface area (TPSA) is 70.5 Å². The molecule has 1 aliphatic heterocycles. The summed E-state index contributed by atoms with van der Waals surface area (Å²) in [6.07, 6.45) is 3.28. The first-order chi connectivity index (χ1) is 16.0. The SMILES string of the molecule is Cc1ccc(C)c(N2C(=O)C(=O)/C(=C(/O)c3cc(C(C)(C)C)ccc3C)C2c2cccnc2)c1. The molecular weight excluding hydrogens is 424 g/mol. The van der Waals surface area contributed by atoms with Gasteiger partial charge < -0.3 is 5.11 Å². The molecule has 0 spiro atoms. The van der Waals surface area contributed by atoms with Gasteiger partial charge in [0.25, 0.3) is 11.7 Å². The highest BCUT2D eigenvalue weighted by atomic mass is 16.3. The number of aliphatic hydroxyl groups excluding tert-OH is 1. The van der Waals surface area contributed by atoms with Gasteiger partial charge in [-0.3, -0.25) is 19.5 Å². The van der Waals surface area contributed by atoms with Crippen molar-refractivity contribution in [3.8, 4) is 0 Å². The number of aromatic nitrogens is 1. The average molecular weight is 455 g/mol. The fourth-order valence-corrected chi connectivity index (χ4v) is 4.40. The molecule has 2 heterocycles. The highest BCUT2D eigenvalue weighted by Gasteiger charge is 2.47. The molecule has 5 nitrogen and oxygen atoms in total. The number of aryl methyl sites for hydroxylation is 3. The Morgan fingerprint density at radius 3 is 2.32 bits per heavy atom. The first kappa shape index (κ1) is 23.4. The van der Waals surface area contributed by atoms with Crippen molar-refractivity contribution in [1.29, 1.82) is 0 Å². The molecule has 1 unspecified atom stereocenters. The summed E-state index contributed by atoms with van der Waals surface area (Å²) in [4.78, 5) is 32.6. The number of pyridine rings is 1. The van der Waals surface area contributed by atoms with Gasteiger partial charge in [0.15, 0.2) is 0 Å². The Bertz CT molecular complexity index is 1320. The van der Waals surface area contributed by atoms with Crippen LogP contribution in [0.5, 0.6) is 0 Å². The van der Waals surface area contributed by atoms with Crippen LogP contribution in [0.3, 0.4) is 0 Å². The van der Waals surface area contributed by atoms with Gasteiger partial charge in [-0.05, 0) is 72.2 Å². The number of amides is 1. The Kier molecular flexibility index (Phi) is 5.90. The van der Waals surface area contributed by atoms with E-state index in [2.05, 4.69) is 25.8 Å². The van der Waals surface area contributed by atoms with Crippen molar-refractivity contribution in [2.75, 3.05) is 4.90 Å². The zero-order valence-electron chi connectivity index (χ0n) is 20.5. The van der Waals surface area contributed by atoms with Gasteiger partial charge in [0.05, 0.1) is 11.6 Å². The highest BCUT2D eigenvalue weighted by Crippen LogP contribution is 2.43. The molecule has 0 aliphatic carbocycles. The van der Waals surface area contributed by atoms with Crippen LogP contribution in [0.2, 0.25) is 0 Å². The fourth-order valence-electron chi connectivity index (χ4n) is 4.40. The van der Waals surface area contributed by atoms with Gasteiger partial charge in [0, 0.05) is 23.6 Å². The molecule has 0 bridgehead atoms. The summed E-state index contributed by atoms with van der Waals surface area (Å²) in [6, 6.07) is 14.5. The van der Waals surface area contributed by atoms with Crippen LogP contribution in [-0.2, 0) is 15.0 Å².